The number of benzene rings is 2. The maximum absolute atomic E-state index is 13.2. The molecule has 0 spiro atoms. The number of esters is 1. The highest BCUT2D eigenvalue weighted by atomic mass is 19.4. The van der Waals surface area contributed by atoms with Crippen molar-refractivity contribution in [3.63, 3.8) is 0 Å². The Morgan fingerprint density at radius 1 is 1.10 bits per heavy atom. The van der Waals surface area contributed by atoms with E-state index in [1.807, 2.05) is 4.90 Å². The number of carbonyl (C=O) groups is 2. The average molecular weight is 439 g/mol. The average Bonchev–Trinajstić information content (AvgIpc) is 3.26. The van der Waals surface area contributed by atoms with E-state index in [1.165, 1.54) is 13.2 Å². The second kappa shape index (κ2) is 9.23. The molecule has 0 aromatic heterocycles. The fourth-order valence-corrected chi connectivity index (χ4v) is 3.42. The Hall–Kier alpha value is -3.30. The maximum Gasteiger partial charge on any atom is 0.416 e. The predicted octanol–water partition coefficient (Wildman–Crippen LogP) is 4.55. The van der Waals surface area contributed by atoms with Crippen LogP contribution in [0, 0.1) is 5.82 Å². The van der Waals surface area contributed by atoms with Crippen molar-refractivity contribution in [2.75, 3.05) is 30.4 Å². The van der Waals surface area contributed by atoms with Crippen LogP contribution in [-0.2, 0) is 17.5 Å². The SMILES string of the molecule is COC(=O)c1ccc(N2CCCC2)c(NC(=O)NCc2ccc(F)cc2C(F)(F)F)c1. The predicted molar refractivity (Wildman–Crippen MR) is 106 cm³/mol. The van der Waals surface area contributed by atoms with E-state index in [9.17, 15) is 27.2 Å². The van der Waals surface area contributed by atoms with Gasteiger partial charge in [0.25, 0.3) is 0 Å². The molecular weight excluding hydrogens is 418 g/mol. The molecule has 3 rings (SSSR count). The number of ether oxygens (including phenoxy) is 1. The Morgan fingerprint density at radius 3 is 2.45 bits per heavy atom. The highest BCUT2D eigenvalue weighted by molar-refractivity contribution is 5.97. The second-order valence-corrected chi connectivity index (χ2v) is 7.02. The molecule has 0 saturated carbocycles. The first-order valence-corrected chi connectivity index (χ1v) is 9.57. The second-order valence-electron chi connectivity index (χ2n) is 7.02. The minimum Gasteiger partial charge on any atom is -0.465 e. The summed E-state index contributed by atoms with van der Waals surface area (Å²) in [6, 6.07) is 6.23. The van der Waals surface area contributed by atoms with Crippen LogP contribution >= 0.6 is 0 Å². The van der Waals surface area contributed by atoms with Crippen molar-refractivity contribution in [1.82, 2.24) is 5.32 Å². The van der Waals surface area contributed by atoms with Crippen molar-refractivity contribution >= 4 is 23.4 Å². The van der Waals surface area contributed by atoms with E-state index in [0.29, 0.717) is 17.4 Å². The smallest absolute Gasteiger partial charge is 0.416 e. The minimum atomic E-state index is -4.76. The number of urea groups is 1. The maximum atomic E-state index is 13.2. The van der Waals surface area contributed by atoms with Crippen LogP contribution in [0.3, 0.4) is 0 Å². The highest BCUT2D eigenvalue weighted by Crippen LogP contribution is 2.33. The van der Waals surface area contributed by atoms with E-state index in [2.05, 4.69) is 10.6 Å². The molecule has 31 heavy (non-hydrogen) atoms. The molecule has 2 amide bonds. The molecule has 0 aliphatic carbocycles. The molecule has 1 heterocycles. The van der Waals surface area contributed by atoms with Crippen molar-refractivity contribution in [2.45, 2.75) is 25.6 Å². The summed E-state index contributed by atoms with van der Waals surface area (Å²) in [4.78, 5) is 26.3. The summed E-state index contributed by atoms with van der Waals surface area (Å²) in [6.07, 6.45) is -2.79. The first-order chi connectivity index (χ1) is 14.7. The molecule has 0 radical (unpaired) electrons. The van der Waals surface area contributed by atoms with Gasteiger partial charge in [0.15, 0.2) is 0 Å². The Kier molecular flexibility index (Phi) is 6.67. The lowest BCUT2D eigenvalue weighted by Crippen LogP contribution is -2.30. The van der Waals surface area contributed by atoms with Crippen LogP contribution in [0.5, 0.6) is 0 Å². The van der Waals surface area contributed by atoms with Gasteiger partial charge in [-0.3, -0.25) is 0 Å². The summed E-state index contributed by atoms with van der Waals surface area (Å²) < 4.78 is 57.4. The van der Waals surface area contributed by atoms with Crippen LogP contribution in [0.4, 0.5) is 33.7 Å². The van der Waals surface area contributed by atoms with Gasteiger partial charge in [0, 0.05) is 19.6 Å². The molecule has 1 fully saturated rings. The standard InChI is InChI=1S/C21H21F4N3O3/c1-31-19(29)13-5-7-18(28-8-2-3-9-28)17(10-13)27-20(30)26-12-14-4-6-15(22)11-16(14)21(23,24)25/h4-7,10-11H,2-3,8-9,12H2,1H3,(H2,26,27,30). The Balaban J connectivity index is 1.78. The summed E-state index contributed by atoms with van der Waals surface area (Å²) >= 11 is 0. The Bertz CT molecular complexity index is 973. The van der Waals surface area contributed by atoms with Crippen LogP contribution in [0.25, 0.3) is 0 Å². The van der Waals surface area contributed by atoms with Crippen LogP contribution in [0.15, 0.2) is 36.4 Å². The van der Waals surface area contributed by atoms with Gasteiger partial charge < -0.3 is 20.3 Å². The number of methoxy groups -OCH3 is 1. The van der Waals surface area contributed by atoms with Crippen LogP contribution < -0.4 is 15.5 Å². The van der Waals surface area contributed by atoms with Crippen molar-refractivity contribution < 1.29 is 31.9 Å². The molecule has 2 N–H and O–H groups in total. The van der Waals surface area contributed by atoms with Gasteiger partial charge in [0.1, 0.15) is 5.82 Å². The minimum absolute atomic E-state index is 0.221. The number of nitrogens with one attached hydrogen (secondary N) is 2. The Labute approximate surface area is 176 Å². The number of carbonyl (C=O) groups excluding carboxylic acids is 2. The molecule has 2 aromatic rings. The van der Waals surface area contributed by atoms with E-state index < -0.39 is 36.1 Å². The molecule has 2 aromatic carbocycles. The lowest BCUT2D eigenvalue weighted by Gasteiger charge is -2.22. The monoisotopic (exact) mass is 439 g/mol. The van der Waals surface area contributed by atoms with Gasteiger partial charge in [-0.1, -0.05) is 6.07 Å². The van der Waals surface area contributed by atoms with E-state index in [1.54, 1.807) is 12.1 Å². The molecule has 0 atom stereocenters. The van der Waals surface area contributed by atoms with Gasteiger partial charge >= 0.3 is 18.2 Å². The number of halogens is 4. The largest absolute Gasteiger partial charge is 0.465 e. The number of anilines is 2. The van der Waals surface area contributed by atoms with E-state index in [4.69, 9.17) is 4.74 Å². The summed E-state index contributed by atoms with van der Waals surface area (Å²) in [5, 5.41) is 4.94. The van der Waals surface area contributed by atoms with Gasteiger partial charge in [-0.15, -0.1) is 0 Å². The molecule has 0 bridgehead atoms. The lowest BCUT2D eigenvalue weighted by molar-refractivity contribution is -0.138. The normalized spacial score (nSPS) is 13.8. The number of amides is 2. The molecule has 166 valence electrons. The summed E-state index contributed by atoms with van der Waals surface area (Å²) in [5.41, 5.74) is -0.181. The van der Waals surface area contributed by atoms with Crippen LogP contribution in [-0.4, -0.2) is 32.2 Å². The third-order valence-corrected chi connectivity index (χ3v) is 4.93. The molecule has 1 aliphatic rings. The summed E-state index contributed by atoms with van der Waals surface area (Å²) in [6.45, 7) is 1.09. The van der Waals surface area contributed by atoms with Gasteiger partial charge in [-0.05, 0) is 48.7 Å². The van der Waals surface area contributed by atoms with Gasteiger partial charge in [-0.2, -0.15) is 13.2 Å². The van der Waals surface area contributed by atoms with Crippen LogP contribution in [0.2, 0.25) is 0 Å². The van der Waals surface area contributed by atoms with E-state index in [-0.39, 0.29) is 11.1 Å². The zero-order chi connectivity index (χ0) is 22.6. The van der Waals surface area contributed by atoms with Crippen molar-refractivity contribution in [3.05, 3.63) is 58.9 Å². The van der Waals surface area contributed by atoms with E-state index >= 15 is 0 Å². The molecule has 10 heteroatoms. The summed E-state index contributed by atoms with van der Waals surface area (Å²) in [5.74, 6) is -1.60. The van der Waals surface area contributed by atoms with Crippen molar-refractivity contribution in [1.29, 1.82) is 0 Å². The van der Waals surface area contributed by atoms with Gasteiger partial charge in [0.05, 0.1) is 29.6 Å². The fraction of sp³-hybridized carbons (Fsp3) is 0.333. The number of hydrogen-bond donors (Lipinski definition) is 2. The number of alkyl halides is 3. The van der Waals surface area contributed by atoms with Crippen LogP contribution in [0.1, 0.15) is 34.3 Å². The van der Waals surface area contributed by atoms with E-state index in [0.717, 1.165) is 38.1 Å². The zero-order valence-electron chi connectivity index (χ0n) is 16.7. The van der Waals surface area contributed by atoms with Gasteiger partial charge in [-0.25, -0.2) is 14.0 Å². The highest BCUT2D eigenvalue weighted by Gasteiger charge is 2.33. The third kappa shape index (κ3) is 5.44. The molecule has 0 unspecified atom stereocenters. The molecular formula is C21H21F4N3O3. The topological polar surface area (TPSA) is 70.7 Å². The molecule has 6 nitrogen and oxygen atoms in total. The molecule has 1 saturated heterocycles. The molecule has 1 aliphatic heterocycles. The Morgan fingerprint density at radius 2 is 1.81 bits per heavy atom. The van der Waals surface area contributed by atoms with Crippen molar-refractivity contribution in [2.24, 2.45) is 0 Å². The third-order valence-electron chi connectivity index (χ3n) is 4.93. The number of hydrogen-bond acceptors (Lipinski definition) is 4. The number of rotatable bonds is 5. The zero-order valence-corrected chi connectivity index (χ0v) is 16.7. The van der Waals surface area contributed by atoms with Gasteiger partial charge in [0.2, 0.25) is 0 Å². The number of nitrogens with zero attached hydrogens (tertiary/aromatic N) is 1. The fourth-order valence-electron chi connectivity index (χ4n) is 3.42. The van der Waals surface area contributed by atoms with Crippen molar-refractivity contribution in [3.8, 4) is 0 Å². The lowest BCUT2D eigenvalue weighted by atomic mass is 10.1. The first kappa shape index (κ1) is 22.4. The quantitative estimate of drug-likeness (QED) is 0.530. The first-order valence-electron chi connectivity index (χ1n) is 9.57. The summed E-state index contributed by atoms with van der Waals surface area (Å²) in [7, 11) is 1.23.